The van der Waals surface area contributed by atoms with Crippen LogP contribution < -0.4 is 10.6 Å². The van der Waals surface area contributed by atoms with E-state index in [4.69, 9.17) is 0 Å². The molecule has 0 aromatic rings. The van der Waals surface area contributed by atoms with Crippen LogP contribution in [0, 0.1) is 0 Å². The summed E-state index contributed by atoms with van der Waals surface area (Å²) in [6, 6.07) is -0.906. The molecule has 7 nitrogen and oxygen atoms in total. The van der Waals surface area contributed by atoms with Gasteiger partial charge in [-0.3, -0.25) is 14.9 Å². The molecule has 8 heteroatoms. The van der Waals surface area contributed by atoms with Crippen molar-refractivity contribution in [1.82, 2.24) is 14.9 Å². The van der Waals surface area contributed by atoms with E-state index >= 15 is 0 Å². The quantitative estimate of drug-likeness (QED) is 0.606. The molecule has 2 amide bonds. The topological polar surface area (TPSA) is 95.6 Å². The van der Waals surface area contributed by atoms with Crippen LogP contribution >= 0.6 is 0 Å². The van der Waals surface area contributed by atoms with Crippen LogP contribution in [0.3, 0.4) is 0 Å². The lowest BCUT2D eigenvalue weighted by Gasteiger charge is -2.31. The van der Waals surface area contributed by atoms with E-state index in [-0.39, 0.29) is 18.3 Å². The smallest absolute Gasteiger partial charge is 0.244 e. The molecule has 2 rings (SSSR count). The van der Waals surface area contributed by atoms with E-state index in [9.17, 15) is 18.0 Å². The number of nitrogens with zero attached hydrogens (tertiary/aromatic N) is 1. The Hall–Kier alpha value is -0.990. The largest absolute Gasteiger partial charge is 0.313 e. The Morgan fingerprint density at radius 2 is 2.11 bits per heavy atom. The third kappa shape index (κ3) is 2.70. The van der Waals surface area contributed by atoms with E-state index in [1.807, 2.05) is 0 Å². The van der Waals surface area contributed by atoms with Crippen LogP contribution in [0.15, 0.2) is 0 Å². The van der Waals surface area contributed by atoms with Crippen molar-refractivity contribution >= 4 is 21.8 Å². The summed E-state index contributed by atoms with van der Waals surface area (Å²) in [4.78, 5) is 22.7. The molecule has 2 fully saturated rings. The standard InChI is InChI=1S/C10H17N3O4S/c1-7-10(15)12-9(14)5-13(7)18(16,17)6-8-3-2-4-11-8/h7-8,11H,2-6H2,1H3,(H,12,14,15). The maximum absolute atomic E-state index is 12.2. The van der Waals surface area contributed by atoms with Crippen LogP contribution in [0.5, 0.6) is 0 Å². The number of nitrogens with one attached hydrogen (secondary N) is 2. The first-order valence-corrected chi connectivity index (χ1v) is 7.57. The Labute approximate surface area is 106 Å². The Bertz CT molecular complexity index is 456. The molecule has 2 unspecified atom stereocenters. The highest BCUT2D eigenvalue weighted by Crippen LogP contribution is 2.15. The zero-order valence-corrected chi connectivity index (χ0v) is 11.0. The minimum atomic E-state index is -3.59. The molecule has 0 radical (unpaired) electrons. The average molecular weight is 275 g/mol. The fourth-order valence-corrected chi connectivity index (χ4v) is 4.15. The number of carbonyl (C=O) groups excluding carboxylic acids is 2. The Kier molecular flexibility index (Phi) is 3.69. The highest BCUT2D eigenvalue weighted by Gasteiger charge is 2.39. The summed E-state index contributed by atoms with van der Waals surface area (Å²) < 4.78 is 25.4. The lowest BCUT2D eigenvalue weighted by molar-refractivity contribution is -0.136. The van der Waals surface area contributed by atoms with Gasteiger partial charge in [0, 0.05) is 6.04 Å². The van der Waals surface area contributed by atoms with Gasteiger partial charge in [0.05, 0.1) is 12.3 Å². The summed E-state index contributed by atoms with van der Waals surface area (Å²) >= 11 is 0. The summed E-state index contributed by atoms with van der Waals surface area (Å²) in [7, 11) is -3.59. The molecule has 102 valence electrons. The predicted octanol–water partition coefficient (Wildman–Crippen LogP) is -1.58. The monoisotopic (exact) mass is 275 g/mol. The average Bonchev–Trinajstić information content (AvgIpc) is 2.75. The highest BCUT2D eigenvalue weighted by molar-refractivity contribution is 7.89. The second-order valence-corrected chi connectivity index (χ2v) is 6.67. The normalized spacial score (nSPS) is 30.5. The van der Waals surface area contributed by atoms with Crippen molar-refractivity contribution in [2.24, 2.45) is 0 Å². The number of amides is 2. The van der Waals surface area contributed by atoms with E-state index < -0.39 is 27.9 Å². The van der Waals surface area contributed by atoms with Gasteiger partial charge in [0.1, 0.15) is 6.04 Å². The van der Waals surface area contributed by atoms with E-state index in [2.05, 4.69) is 10.6 Å². The second kappa shape index (κ2) is 4.94. The van der Waals surface area contributed by atoms with Crippen LogP contribution in [0.25, 0.3) is 0 Å². The third-order valence-electron chi connectivity index (χ3n) is 3.30. The lowest BCUT2D eigenvalue weighted by atomic mass is 10.2. The summed E-state index contributed by atoms with van der Waals surface area (Å²) in [6.07, 6.45) is 1.76. The number of carbonyl (C=O) groups is 2. The molecule has 0 bridgehead atoms. The first-order chi connectivity index (χ1) is 8.40. The fraction of sp³-hybridized carbons (Fsp3) is 0.800. The van der Waals surface area contributed by atoms with E-state index in [1.54, 1.807) is 0 Å². The van der Waals surface area contributed by atoms with Gasteiger partial charge in [0.2, 0.25) is 21.8 Å². The third-order valence-corrected chi connectivity index (χ3v) is 5.29. The molecule has 2 atom stereocenters. The Morgan fingerprint density at radius 1 is 1.39 bits per heavy atom. The Morgan fingerprint density at radius 3 is 2.72 bits per heavy atom. The summed E-state index contributed by atoms with van der Waals surface area (Å²) in [5, 5.41) is 5.22. The molecule has 2 N–H and O–H groups in total. The van der Waals surface area contributed by atoms with E-state index in [0.29, 0.717) is 0 Å². The molecule has 2 aliphatic heterocycles. The van der Waals surface area contributed by atoms with Crippen molar-refractivity contribution < 1.29 is 18.0 Å². The summed E-state index contributed by atoms with van der Waals surface area (Å²) in [6.45, 7) is 2.03. The first kappa shape index (κ1) is 13.4. The summed E-state index contributed by atoms with van der Waals surface area (Å²) in [5.74, 6) is -1.19. The van der Waals surface area contributed by atoms with Crippen LogP contribution in [-0.2, 0) is 19.6 Å². The summed E-state index contributed by atoms with van der Waals surface area (Å²) in [5.41, 5.74) is 0. The van der Waals surface area contributed by atoms with Gasteiger partial charge in [0.25, 0.3) is 0 Å². The van der Waals surface area contributed by atoms with Crippen molar-refractivity contribution in [3.63, 3.8) is 0 Å². The second-order valence-electron chi connectivity index (χ2n) is 4.71. The van der Waals surface area contributed by atoms with Crippen LogP contribution in [-0.4, -0.2) is 55.5 Å². The van der Waals surface area contributed by atoms with Crippen molar-refractivity contribution in [3.05, 3.63) is 0 Å². The molecule has 2 saturated heterocycles. The van der Waals surface area contributed by atoms with E-state index in [0.717, 1.165) is 23.7 Å². The molecule has 18 heavy (non-hydrogen) atoms. The number of piperazine rings is 1. The maximum atomic E-state index is 12.2. The van der Waals surface area contributed by atoms with Crippen LogP contribution in [0.4, 0.5) is 0 Å². The van der Waals surface area contributed by atoms with Crippen molar-refractivity contribution in [3.8, 4) is 0 Å². The van der Waals surface area contributed by atoms with Gasteiger partial charge < -0.3 is 5.32 Å². The minimum absolute atomic E-state index is 0.0576. The van der Waals surface area contributed by atoms with Crippen molar-refractivity contribution in [1.29, 1.82) is 0 Å². The van der Waals surface area contributed by atoms with Gasteiger partial charge in [-0.05, 0) is 26.3 Å². The van der Waals surface area contributed by atoms with Crippen molar-refractivity contribution in [2.75, 3.05) is 18.8 Å². The van der Waals surface area contributed by atoms with Gasteiger partial charge in [-0.15, -0.1) is 0 Å². The number of rotatable bonds is 3. The van der Waals surface area contributed by atoms with Crippen LogP contribution in [0.1, 0.15) is 19.8 Å². The molecule has 2 heterocycles. The van der Waals surface area contributed by atoms with Gasteiger partial charge in [0.15, 0.2) is 0 Å². The number of imide groups is 1. The molecule has 2 aliphatic rings. The van der Waals surface area contributed by atoms with Crippen LogP contribution in [0.2, 0.25) is 0 Å². The zero-order valence-electron chi connectivity index (χ0n) is 10.2. The maximum Gasteiger partial charge on any atom is 0.244 e. The van der Waals surface area contributed by atoms with Crippen molar-refractivity contribution in [2.45, 2.75) is 31.8 Å². The number of sulfonamides is 1. The molecule has 0 aromatic carbocycles. The molecule has 0 spiro atoms. The lowest BCUT2D eigenvalue weighted by Crippen LogP contribution is -2.59. The molecular formula is C10H17N3O4S. The SMILES string of the molecule is CC1C(=O)NC(=O)CN1S(=O)(=O)CC1CCCN1. The highest BCUT2D eigenvalue weighted by atomic mass is 32.2. The molecular weight excluding hydrogens is 258 g/mol. The minimum Gasteiger partial charge on any atom is -0.313 e. The zero-order chi connectivity index (χ0) is 13.3. The Balaban J connectivity index is 2.12. The predicted molar refractivity (Wildman–Crippen MR) is 64.1 cm³/mol. The van der Waals surface area contributed by atoms with Gasteiger partial charge in [-0.25, -0.2) is 8.42 Å². The molecule has 0 saturated carbocycles. The fourth-order valence-electron chi connectivity index (χ4n) is 2.28. The van der Waals surface area contributed by atoms with E-state index in [1.165, 1.54) is 6.92 Å². The van der Waals surface area contributed by atoms with Gasteiger partial charge in [-0.2, -0.15) is 4.31 Å². The molecule has 0 aromatic heterocycles. The van der Waals surface area contributed by atoms with Gasteiger partial charge in [-0.1, -0.05) is 0 Å². The number of hydrogen-bond donors (Lipinski definition) is 2. The number of hydrogen-bond acceptors (Lipinski definition) is 5. The first-order valence-electron chi connectivity index (χ1n) is 5.97. The van der Waals surface area contributed by atoms with Gasteiger partial charge >= 0.3 is 0 Å². The molecule has 0 aliphatic carbocycles.